The van der Waals surface area contributed by atoms with E-state index in [9.17, 15) is 5.11 Å². The van der Waals surface area contributed by atoms with Crippen molar-refractivity contribution in [1.82, 2.24) is 10.1 Å². The highest BCUT2D eigenvalue weighted by Crippen LogP contribution is 2.46. The van der Waals surface area contributed by atoms with Gasteiger partial charge in [-0.15, -0.1) is 0 Å². The molecule has 2 aromatic carbocycles. The molecule has 2 unspecified atom stereocenters. The van der Waals surface area contributed by atoms with E-state index < -0.39 is 5.60 Å². The molecule has 5 rings (SSSR count). The van der Waals surface area contributed by atoms with Crippen molar-refractivity contribution in [2.24, 2.45) is 5.92 Å². The zero-order valence-corrected chi connectivity index (χ0v) is 17.3. The average molecular weight is 404 g/mol. The molecule has 156 valence electrons. The summed E-state index contributed by atoms with van der Waals surface area (Å²) in [5.41, 5.74) is 0.984. The van der Waals surface area contributed by atoms with Crippen LogP contribution in [-0.2, 0) is 12.0 Å². The molecular formula is C25H29N3O2. The predicted molar refractivity (Wildman–Crippen MR) is 116 cm³/mol. The maximum Gasteiger partial charge on any atom is 0.324 e. The molecule has 0 radical (unpaired) electrons. The van der Waals surface area contributed by atoms with Crippen molar-refractivity contribution in [3.05, 3.63) is 77.6 Å². The summed E-state index contributed by atoms with van der Waals surface area (Å²) in [5, 5.41) is 16.1. The van der Waals surface area contributed by atoms with Gasteiger partial charge in [-0.1, -0.05) is 72.2 Å². The molecule has 2 atom stereocenters. The lowest BCUT2D eigenvalue weighted by Gasteiger charge is -2.39. The highest BCUT2D eigenvalue weighted by Gasteiger charge is 2.47. The van der Waals surface area contributed by atoms with Crippen molar-refractivity contribution < 1.29 is 9.63 Å². The number of hydrogen-bond acceptors (Lipinski definition) is 5. The second kappa shape index (κ2) is 8.23. The third-order valence-electron chi connectivity index (χ3n) is 6.85. The fraction of sp³-hybridized carbons (Fsp3) is 0.440. The highest BCUT2D eigenvalue weighted by atomic mass is 16.5. The number of anilines is 1. The first-order valence-corrected chi connectivity index (χ1v) is 11.2. The maximum atomic E-state index is 11.8. The van der Waals surface area contributed by atoms with Gasteiger partial charge in [0.05, 0.1) is 0 Å². The normalized spacial score (nSPS) is 21.8. The van der Waals surface area contributed by atoms with Gasteiger partial charge in [0, 0.05) is 12.6 Å². The molecule has 5 heteroatoms. The molecule has 5 nitrogen and oxygen atoms in total. The van der Waals surface area contributed by atoms with Gasteiger partial charge in [0.1, 0.15) is 0 Å². The van der Waals surface area contributed by atoms with Crippen LogP contribution in [0.5, 0.6) is 0 Å². The molecule has 1 N–H and O–H groups in total. The van der Waals surface area contributed by atoms with E-state index in [0.717, 1.165) is 50.6 Å². The molecule has 0 amide bonds. The summed E-state index contributed by atoms with van der Waals surface area (Å²) in [4.78, 5) is 7.02. The van der Waals surface area contributed by atoms with Gasteiger partial charge < -0.3 is 14.5 Å². The quantitative estimate of drug-likeness (QED) is 0.646. The first kappa shape index (κ1) is 19.3. The molecule has 30 heavy (non-hydrogen) atoms. The van der Waals surface area contributed by atoms with E-state index in [-0.39, 0.29) is 5.92 Å². The lowest BCUT2D eigenvalue weighted by Crippen LogP contribution is -2.42. The molecule has 2 aliphatic rings. The molecule has 1 aromatic heterocycles. The van der Waals surface area contributed by atoms with Crippen molar-refractivity contribution in [2.45, 2.75) is 56.6 Å². The number of aliphatic hydroxyl groups is 1. The van der Waals surface area contributed by atoms with Gasteiger partial charge in [-0.3, -0.25) is 0 Å². The smallest absolute Gasteiger partial charge is 0.324 e. The Morgan fingerprint density at radius 2 is 1.67 bits per heavy atom. The Bertz CT molecular complexity index is 955. The Morgan fingerprint density at radius 1 is 0.933 bits per heavy atom. The Morgan fingerprint density at radius 3 is 2.37 bits per heavy atom. The van der Waals surface area contributed by atoms with Crippen LogP contribution in [0.25, 0.3) is 0 Å². The number of nitrogens with zero attached hydrogens (tertiary/aromatic N) is 3. The van der Waals surface area contributed by atoms with Crippen LogP contribution in [0.4, 0.5) is 6.01 Å². The second-order valence-corrected chi connectivity index (χ2v) is 8.69. The van der Waals surface area contributed by atoms with Gasteiger partial charge in [0.15, 0.2) is 5.60 Å². The molecule has 2 heterocycles. The molecule has 3 aromatic rings. The average Bonchev–Trinajstić information content (AvgIpc) is 3.25. The van der Waals surface area contributed by atoms with Crippen molar-refractivity contribution >= 4 is 6.01 Å². The monoisotopic (exact) mass is 403 g/mol. The van der Waals surface area contributed by atoms with E-state index in [2.05, 4.69) is 40.4 Å². The van der Waals surface area contributed by atoms with Crippen LogP contribution in [0.3, 0.4) is 0 Å². The lowest BCUT2D eigenvalue weighted by atomic mass is 9.69. The SMILES string of the molecule is OC(c1ccccc1)(c1noc(N2CCCCC2Cc2ccccc2)n1)C1CCC1. The predicted octanol–water partition coefficient (Wildman–Crippen LogP) is 4.71. The number of piperidine rings is 1. The number of rotatable bonds is 6. The summed E-state index contributed by atoms with van der Waals surface area (Å²) >= 11 is 0. The summed E-state index contributed by atoms with van der Waals surface area (Å²) in [6.07, 6.45) is 7.50. The summed E-state index contributed by atoms with van der Waals surface area (Å²) in [6, 6.07) is 21.3. The van der Waals surface area contributed by atoms with Crippen molar-refractivity contribution in [3.8, 4) is 0 Å². The van der Waals surface area contributed by atoms with Gasteiger partial charge >= 0.3 is 6.01 Å². The minimum absolute atomic E-state index is 0.131. The number of benzene rings is 2. The van der Waals surface area contributed by atoms with Crippen LogP contribution in [0.1, 0.15) is 55.5 Å². The lowest BCUT2D eigenvalue weighted by molar-refractivity contribution is -0.0286. The zero-order valence-electron chi connectivity index (χ0n) is 17.3. The molecular weight excluding hydrogens is 374 g/mol. The second-order valence-electron chi connectivity index (χ2n) is 8.69. The van der Waals surface area contributed by atoms with Crippen molar-refractivity contribution in [2.75, 3.05) is 11.4 Å². The molecule has 0 spiro atoms. The molecule has 1 aliphatic carbocycles. The van der Waals surface area contributed by atoms with Crippen LogP contribution >= 0.6 is 0 Å². The Labute approximate surface area is 177 Å². The largest absolute Gasteiger partial charge is 0.377 e. The topological polar surface area (TPSA) is 62.4 Å². The Hall–Kier alpha value is -2.66. The number of aromatic nitrogens is 2. The van der Waals surface area contributed by atoms with E-state index in [1.165, 1.54) is 12.0 Å². The maximum absolute atomic E-state index is 11.8. The van der Waals surface area contributed by atoms with Crippen LogP contribution in [0.15, 0.2) is 65.2 Å². The summed E-state index contributed by atoms with van der Waals surface area (Å²) < 4.78 is 5.76. The first-order valence-electron chi connectivity index (χ1n) is 11.2. The minimum atomic E-state index is -1.19. The minimum Gasteiger partial charge on any atom is -0.377 e. The fourth-order valence-corrected chi connectivity index (χ4v) is 4.90. The van der Waals surface area contributed by atoms with Gasteiger partial charge in [0.25, 0.3) is 0 Å². The van der Waals surface area contributed by atoms with Gasteiger partial charge in [-0.25, -0.2) is 0 Å². The Kier molecular flexibility index (Phi) is 5.30. The molecule has 1 saturated heterocycles. The summed E-state index contributed by atoms with van der Waals surface area (Å²) in [7, 11) is 0. The van der Waals surface area contributed by atoms with E-state index in [4.69, 9.17) is 9.51 Å². The Balaban J connectivity index is 1.44. The molecule has 1 aliphatic heterocycles. The zero-order chi connectivity index (χ0) is 20.4. The third-order valence-corrected chi connectivity index (χ3v) is 6.85. The van der Waals surface area contributed by atoms with Crippen LogP contribution in [0.2, 0.25) is 0 Å². The third kappa shape index (κ3) is 3.52. The van der Waals surface area contributed by atoms with Crippen LogP contribution in [0, 0.1) is 5.92 Å². The molecule has 0 bridgehead atoms. The standard InChI is InChI=1S/C25H29N3O2/c29-25(21-14-9-15-21,20-12-5-2-6-13-20)23-26-24(30-27-23)28-17-8-7-16-22(28)18-19-10-3-1-4-11-19/h1-6,10-13,21-22,29H,7-9,14-18H2. The van der Waals surface area contributed by atoms with Gasteiger partial charge in [-0.2, -0.15) is 4.98 Å². The fourth-order valence-electron chi connectivity index (χ4n) is 4.90. The van der Waals surface area contributed by atoms with E-state index in [1.54, 1.807) is 0 Å². The highest BCUT2D eigenvalue weighted by molar-refractivity contribution is 5.36. The van der Waals surface area contributed by atoms with Crippen molar-refractivity contribution in [3.63, 3.8) is 0 Å². The van der Waals surface area contributed by atoms with Gasteiger partial charge in [-0.05, 0) is 55.6 Å². The molecule has 2 fully saturated rings. The molecule has 1 saturated carbocycles. The van der Waals surface area contributed by atoms with Gasteiger partial charge in [0.2, 0.25) is 5.82 Å². The number of hydrogen-bond donors (Lipinski definition) is 1. The van der Waals surface area contributed by atoms with Crippen LogP contribution < -0.4 is 4.90 Å². The van der Waals surface area contributed by atoms with E-state index in [1.807, 2.05) is 30.3 Å². The van der Waals surface area contributed by atoms with Crippen LogP contribution in [-0.4, -0.2) is 27.8 Å². The summed E-state index contributed by atoms with van der Waals surface area (Å²) in [6.45, 7) is 0.909. The van der Waals surface area contributed by atoms with E-state index in [0.29, 0.717) is 17.9 Å². The first-order chi connectivity index (χ1) is 14.7. The van der Waals surface area contributed by atoms with E-state index >= 15 is 0 Å². The van der Waals surface area contributed by atoms with Crippen molar-refractivity contribution in [1.29, 1.82) is 0 Å². The summed E-state index contributed by atoms with van der Waals surface area (Å²) in [5.74, 6) is 0.532.